The van der Waals surface area contributed by atoms with E-state index >= 15 is 0 Å². The summed E-state index contributed by atoms with van der Waals surface area (Å²) in [7, 11) is 0. The lowest BCUT2D eigenvalue weighted by Crippen LogP contribution is -2.38. The number of nitrogens with two attached hydrogens (primary N) is 1. The standard InChI is InChI=1S/C12H22N2O2/c13-14-12(15)9-5-7-11(8-6-9)16-10-3-1-2-4-10/h9-11H,1-8,13H2,(H,14,15). The van der Waals surface area contributed by atoms with Crippen LogP contribution in [-0.4, -0.2) is 18.1 Å². The highest BCUT2D eigenvalue weighted by atomic mass is 16.5. The molecule has 0 atom stereocenters. The monoisotopic (exact) mass is 226 g/mol. The van der Waals surface area contributed by atoms with Crippen molar-refractivity contribution in [1.82, 2.24) is 5.43 Å². The number of carbonyl (C=O) groups is 1. The fourth-order valence-corrected chi connectivity index (χ4v) is 2.88. The molecule has 0 aromatic carbocycles. The quantitative estimate of drug-likeness (QED) is 0.435. The van der Waals surface area contributed by atoms with Gasteiger partial charge in [-0.3, -0.25) is 10.2 Å². The maximum atomic E-state index is 11.3. The Labute approximate surface area is 96.9 Å². The first-order valence-electron chi connectivity index (χ1n) is 6.45. The molecule has 16 heavy (non-hydrogen) atoms. The largest absolute Gasteiger partial charge is 0.375 e. The molecule has 1 amide bonds. The number of hydrazine groups is 1. The van der Waals surface area contributed by atoms with Crippen LogP contribution < -0.4 is 11.3 Å². The maximum absolute atomic E-state index is 11.3. The number of hydrogen-bond donors (Lipinski definition) is 2. The normalized spacial score (nSPS) is 31.6. The molecule has 0 aromatic heterocycles. The number of carbonyl (C=O) groups excluding carboxylic acids is 1. The number of amides is 1. The van der Waals surface area contributed by atoms with Crippen LogP contribution in [0.5, 0.6) is 0 Å². The molecule has 0 saturated heterocycles. The number of ether oxygens (including phenoxy) is 1. The fourth-order valence-electron chi connectivity index (χ4n) is 2.88. The van der Waals surface area contributed by atoms with Crippen LogP contribution in [0.2, 0.25) is 0 Å². The van der Waals surface area contributed by atoms with E-state index < -0.39 is 0 Å². The van der Waals surface area contributed by atoms with Gasteiger partial charge in [-0.25, -0.2) is 5.84 Å². The van der Waals surface area contributed by atoms with Crippen LogP contribution in [0.25, 0.3) is 0 Å². The van der Waals surface area contributed by atoms with Gasteiger partial charge in [-0.1, -0.05) is 12.8 Å². The van der Waals surface area contributed by atoms with Gasteiger partial charge in [0.25, 0.3) is 0 Å². The van der Waals surface area contributed by atoms with Crippen LogP contribution in [0.1, 0.15) is 51.4 Å². The van der Waals surface area contributed by atoms with Gasteiger partial charge in [-0.2, -0.15) is 0 Å². The zero-order valence-corrected chi connectivity index (χ0v) is 9.78. The molecule has 4 nitrogen and oxygen atoms in total. The van der Waals surface area contributed by atoms with Crippen molar-refractivity contribution in [3.05, 3.63) is 0 Å². The molecule has 2 saturated carbocycles. The maximum Gasteiger partial charge on any atom is 0.236 e. The molecule has 0 unspecified atom stereocenters. The van der Waals surface area contributed by atoms with E-state index in [1.165, 1.54) is 25.7 Å². The van der Waals surface area contributed by atoms with E-state index in [1.807, 2.05) is 0 Å². The van der Waals surface area contributed by atoms with Gasteiger partial charge >= 0.3 is 0 Å². The zero-order valence-electron chi connectivity index (χ0n) is 9.78. The summed E-state index contributed by atoms with van der Waals surface area (Å²) in [6, 6.07) is 0. The number of rotatable bonds is 3. The van der Waals surface area contributed by atoms with E-state index in [9.17, 15) is 4.79 Å². The molecule has 2 aliphatic rings. The second kappa shape index (κ2) is 5.64. The Kier molecular flexibility index (Phi) is 4.18. The molecule has 2 aliphatic carbocycles. The van der Waals surface area contributed by atoms with Crippen molar-refractivity contribution in [1.29, 1.82) is 0 Å². The van der Waals surface area contributed by atoms with E-state index in [-0.39, 0.29) is 11.8 Å². The van der Waals surface area contributed by atoms with Crippen molar-refractivity contribution in [3.63, 3.8) is 0 Å². The van der Waals surface area contributed by atoms with Crippen LogP contribution >= 0.6 is 0 Å². The molecule has 0 aromatic rings. The summed E-state index contributed by atoms with van der Waals surface area (Å²) in [5.41, 5.74) is 2.24. The highest BCUT2D eigenvalue weighted by Gasteiger charge is 2.28. The predicted molar refractivity (Wildman–Crippen MR) is 61.4 cm³/mol. The van der Waals surface area contributed by atoms with Gasteiger partial charge in [0.05, 0.1) is 12.2 Å². The lowest BCUT2D eigenvalue weighted by molar-refractivity contribution is -0.127. The van der Waals surface area contributed by atoms with E-state index in [2.05, 4.69) is 5.43 Å². The Bertz CT molecular complexity index is 231. The SMILES string of the molecule is NNC(=O)C1CCC(OC2CCCC2)CC1. The Morgan fingerprint density at radius 2 is 1.56 bits per heavy atom. The molecule has 0 spiro atoms. The molecule has 92 valence electrons. The van der Waals surface area contributed by atoms with E-state index in [0.29, 0.717) is 12.2 Å². The molecule has 2 rings (SSSR count). The Morgan fingerprint density at radius 3 is 2.12 bits per heavy atom. The van der Waals surface area contributed by atoms with E-state index in [1.54, 1.807) is 0 Å². The molecule has 0 radical (unpaired) electrons. The second-order valence-electron chi connectivity index (χ2n) is 5.02. The van der Waals surface area contributed by atoms with Gasteiger partial charge < -0.3 is 4.74 Å². The first kappa shape index (κ1) is 11.9. The van der Waals surface area contributed by atoms with Crippen molar-refractivity contribution in [2.45, 2.75) is 63.6 Å². The Balaban J connectivity index is 1.70. The Hall–Kier alpha value is -0.610. The Morgan fingerprint density at radius 1 is 1.00 bits per heavy atom. The third-order valence-electron chi connectivity index (χ3n) is 3.87. The number of hydrogen-bond acceptors (Lipinski definition) is 3. The first-order chi connectivity index (χ1) is 7.79. The minimum Gasteiger partial charge on any atom is -0.375 e. The van der Waals surface area contributed by atoms with Gasteiger partial charge in [0.1, 0.15) is 0 Å². The average Bonchev–Trinajstić information content (AvgIpc) is 2.82. The van der Waals surface area contributed by atoms with Gasteiger partial charge in [-0.05, 0) is 38.5 Å². The van der Waals surface area contributed by atoms with Crippen molar-refractivity contribution < 1.29 is 9.53 Å². The van der Waals surface area contributed by atoms with Gasteiger partial charge in [0.2, 0.25) is 5.91 Å². The average molecular weight is 226 g/mol. The van der Waals surface area contributed by atoms with Crippen molar-refractivity contribution >= 4 is 5.91 Å². The highest BCUT2D eigenvalue weighted by molar-refractivity contribution is 5.77. The van der Waals surface area contributed by atoms with E-state index in [0.717, 1.165) is 25.7 Å². The summed E-state index contributed by atoms with van der Waals surface area (Å²) in [5.74, 6) is 5.23. The summed E-state index contributed by atoms with van der Waals surface area (Å²) < 4.78 is 6.05. The third-order valence-corrected chi connectivity index (χ3v) is 3.87. The van der Waals surface area contributed by atoms with Crippen molar-refractivity contribution in [3.8, 4) is 0 Å². The zero-order chi connectivity index (χ0) is 11.4. The molecular formula is C12H22N2O2. The molecular weight excluding hydrogens is 204 g/mol. The van der Waals surface area contributed by atoms with Crippen LogP contribution in [-0.2, 0) is 9.53 Å². The topological polar surface area (TPSA) is 64.3 Å². The molecule has 4 heteroatoms. The lowest BCUT2D eigenvalue weighted by atomic mass is 9.87. The van der Waals surface area contributed by atoms with Crippen molar-refractivity contribution in [2.24, 2.45) is 11.8 Å². The second-order valence-corrected chi connectivity index (χ2v) is 5.02. The van der Waals surface area contributed by atoms with Crippen LogP contribution in [0, 0.1) is 5.92 Å². The lowest BCUT2D eigenvalue weighted by Gasteiger charge is -2.29. The molecule has 3 N–H and O–H groups in total. The van der Waals surface area contributed by atoms with Crippen molar-refractivity contribution in [2.75, 3.05) is 0 Å². The van der Waals surface area contributed by atoms with Gasteiger partial charge in [0, 0.05) is 5.92 Å². The molecule has 0 heterocycles. The summed E-state index contributed by atoms with van der Waals surface area (Å²) in [6.45, 7) is 0. The third kappa shape index (κ3) is 2.95. The molecule has 0 aliphatic heterocycles. The summed E-state index contributed by atoms with van der Waals surface area (Å²) in [4.78, 5) is 11.3. The highest BCUT2D eigenvalue weighted by Crippen LogP contribution is 2.30. The summed E-state index contributed by atoms with van der Waals surface area (Å²) in [5, 5.41) is 0. The van der Waals surface area contributed by atoms with Crippen LogP contribution in [0.15, 0.2) is 0 Å². The predicted octanol–water partition coefficient (Wildman–Crippen LogP) is 1.49. The van der Waals surface area contributed by atoms with Crippen LogP contribution in [0.3, 0.4) is 0 Å². The van der Waals surface area contributed by atoms with Gasteiger partial charge in [0.15, 0.2) is 0 Å². The van der Waals surface area contributed by atoms with Crippen LogP contribution in [0.4, 0.5) is 0 Å². The molecule has 2 fully saturated rings. The minimum absolute atomic E-state index is 0.0145. The first-order valence-corrected chi connectivity index (χ1v) is 6.45. The number of nitrogens with one attached hydrogen (secondary N) is 1. The van der Waals surface area contributed by atoms with E-state index in [4.69, 9.17) is 10.6 Å². The molecule has 0 bridgehead atoms. The fraction of sp³-hybridized carbons (Fsp3) is 0.917. The minimum atomic E-state index is -0.0145. The smallest absolute Gasteiger partial charge is 0.236 e. The summed E-state index contributed by atoms with van der Waals surface area (Å²) in [6.07, 6.45) is 9.80. The summed E-state index contributed by atoms with van der Waals surface area (Å²) >= 11 is 0. The van der Waals surface area contributed by atoms with Gasteiger partial charge in [-0.15, -0.1) is 0 Å².